The van der Waals surface area contributed by atoms with Crippen molar-refractivity contribution in [2.45, 2.75) is 12.5 Å². The number of rotatable bonds is 4. The molecule has 1 aliphatic rings. The standard InChI is InChI=1S/C7H13N3O3/c8-5(6(9)11)1-2-10-3-4-13-7(10)12/h5H,1-4,8H2,(H2,9,11). The zero-order valence-electron chi connectivity index (χ0n) is 7.23. The van der Waals surface area contributed by atoms with E-state index in [0.29, 0.717) is 26.1 Å². The molecule has 0 saturated carbocycles. The van der Waals surface area contributed by atoms with Crippen molar-refractivity contribution in [2.24, 2.45) is 11.5 Å². The van der Waals surface area contributed by atoms with Gasteiger partial charge in [0.05, 0.1) is 12.6 Å². The van der Waals surface area contributed by atoms with Gasteiger partial charge in [-0.05, 0) is 6.42 Å². The van der Waals surface area contributed by atoms with Crippen molar-refractivity contribution < 1.29 is 14.3 Å². The molecule has 1 heterocycles. The third kappa shape index (κ3) is 2.59. The van der Waals surface area contributed by atoms with Crippen LogP contribution >= 0.6 is 0 Å². The van der Waals surface area contributed by atoms with Crippen LogP contribution in [0, 0.1) is 0 Å². The number of hydrogen-bond acceptors (Lipinski definition) is 4. The van der Waals surface area contributed by atoms with Crippen LogP contribution in [0.1, 0.15) is 6.42 Å². The van der Waals surface area contributed by atoms with E-state index in [1.165, 1.54) is 4.90 Å². The third-order valence-electron chi connectivity index (χ3n) is 1.92. The van der Waals surface area contributed by atoms with Crippen molar-refractivity contribution in [2.75, 3.05) is 19.7 Å². The highest BCUT2D eigenvalue weighted by Gasteiger charge is 2.22. The van der Waals surface area contributed by atoms with E-state index in [1.54, 1.807) is 0 Å². The van der Waals surface area contributed by atoms with Gasteiger partial charge >= 0.3 is 6.09 Å². The second kappa shape index (κ2) is 4.08. The average molecular weight is 187 g/mol. The predicted octanol–water partition coefficient (Wildman–Crippen LogP) is -1.36. The summed E-state index contributed by atoms with van der Waals surface area (Å²) in [7, 11) is 0. The molecule has 0 spiro atoms. The quantitative estimate of drug-likeness (QED) is 0.568. The molecule has 1 saturated heterocycles. The Kier molecular flexibility index (Phi) is 3.07. The molecule has 1 unspecified atom stereocenters. The number of hydrogen-bond donors (Lipinski definition) is 2. The molecule has 1 atom stereocenters. The summed E-state index contributed by atoms with van der Waals surface area (Å²) in [4.78, 5) is 23.0. The van der Waals surface area contributed by atoms with Gasteiger partial charge in [-0.15, -0.1) is 0 Å². The van der Waals surface area contributed by atoms with E-state index in [0.717, 1.165) is 0 Å². The van der Waals surface area contributed by atoms with Gasteiger partial charge in [-0.3, -0.25) is 4.79 Å². The first-order valence-corrected chi connectivity index (χ1v) is 4.08. The van der Waals surface area contributed by atoms with Gasteiger partial charge in [0.1, 0.15) is 6.61 Å². The van der Waals surface area contributed by atoms with Gasteiger partial charge in [0.25, 0.3) is 0 Å². The molecular weight excluding hydrogens is 174 g/mol. The van der Waals surface area contributed by atoms with Gasteiger partial charge in [0.15, 0.2) is 0 Å². The number of nitrogens with zero attached hydrogens (tertiary/aromatic N) is 1. The lowest BCUT2D eigenvalue weighted by Gasteiger charge is -2.14. The van der Waals surface area contributed by atoms with E-state index in [9.17, 15) is 9.59 Å². The Morgan fingerprint density at radius 3 is 2.85 bits per heavy atom. The molecule has 0 aromatic carbocycles. The number of cyclic esters (lactones) is 1. The van der Waals surface area contributed by atoms with Crippen LogP contribution < -0.4 is 11.5 Å². The molecular formula is C7H13N3O3. The average Bonchev–Trinajstić information content (AvgIpc) is 2.47. The van der Waals surface area contributed by atoms with E-state index in [2.05, 4.69) is 4.74 Å². The summed E-state index contributed by atoms with van der Waals surface area (Å²) in [6.07, 6.45) is 0.0291. The Balaban J connectivity index is 2.25. The van der Waals surface area contributed by atoms with Gasteiger partial charge in [0.2, 0.25) is 5.91 Å². The Morgan fingerprint density at radius 2 is 2.38 bits per heavy atom. The van der Waals surface area contributed by atoms with Crippen molar-refractivity contribution in [3.63, 3.8) is 0 Å². The maximum absolute atomic E-state index is 10.9. The molecule has 1 aliphatic heterocycles. The van der Waals surface area contributed by atoms with Crippen molar-refractivity contribution in [3.8, 4) is 0 Å². The summed E-state index contributed by atoms with van der Waals surface area (Å²) < 4.78 is 4.69. The van der Waals surface area contributed by atoms with E-state index < -0.39 is 11.9 Å². The van der Waals surface area contributed by atoms with Crippen LogP contribution in [0.5, 0.6) is 0 Å². The summed E-state index contributed by atoms with van der Waals surface area (Å²) >= 11 is 0. The van der Waals surface area contributed by atoms with E-state index in [4.69, 9.17) is 11.5 Å². The molecule has 6 nitrogen and oxygen atoms in total. The largest absolute Gasteiger partial charge is 0.448 e. The van der Waals surface area contributed by atoms with Gasteiger partial charge in [-0.1, -0.05) is 0 Å². The molecule has 0 bridgehead atoms. The van der Waals surface area contributed by atoms with Gasteiger partial charge in [0, 0.05) is 6.54 Å². The minimum absolute atomic E-state index is 0.350. The number of carbonyl (C=O) groups is 2. The predicted molar refractivity (Wildman–Crippen MR) is 44.7 cm³/mol. The first-order chi connectivity index (χ1) is 6.11. The topological polar surface area (TPSA) is 98.7 Å². The fourth-order valence-electron chi connectivity index (χ4n) is 1.07. The second-order valence-corrected chi connectivity index (χ2v) is 2.90. The zero-order chi connectivity index (χ0) is 9.84. The highest BCUT2D eigenvalue weighted by molar-refractivity contribution is 5.79. The number of ether oxygens (including phenoxy) is 1. The van der Waals surface area contributed by atoms with E-state index >= 15 is 0 Å². The Hall–Kier alpha value is -1.30. The number of amides is 2. The molecule has 6 heteroatoms. The summed E-state index contributed by atoms with van der Waals surface area (Å²) in [5.74, 6) is -0.549. The van der Waals surface area contributed by atoms with Crippen LogP contribution in [-0.2, 0) is 9.53 Å². The smallest absolute Gasteiger partial charge is 0.409 e. The first-order valence-electron chi connectivity index (χ1n) is 4.08. The van der Waals surface area contributed by atoms with Crippen LogP contribution in [0.3, 0.4) is 0 Å². The maximum atomic E-state index is 10.9. The van der Waals surface area contributed by atoms with Crippen LogP contribution in [0.4, 0.5) is 4.79 Å². The molecule has 4 N–H and O–H groups in total. The lowest BCUT2D eigenvalue weighted by Crippen LogP contribution is -2.39. The third-order valence-corrected chi connectivity index (χ3v) is 1.92. The number of nitrogens with two attached hydrogens (primary N) is 2. The SMILES string of the molecule is NC(=O)C(N)CCN1CCOC1=O. The molecule has 1 rings (SSSR count). The highest BCUT2D eigenvalue weighted by atomic mass is 16.6. The molecule has 13 heavy (non-hydrogen) atoms. The molecule has 2 amide bonds. The highest BCUT2D eigenvalue weighted by Crippen LogP contribution is 2.04. The summed E-state index contributed by atoms with van der Waals surface area (Å²) in [5.41, 5.74) is 10.3. The van der Waals surface area contributed by atoms with Crippen LogP contribution in [0.2, 0.25) is 0 Å². The second-order valence-electron chi connectivity index (χ2n) is 2.90. The van der Waals surface area contributed by atoms with Crippen molar-refractivity contribution in [1.82, 2.24) is 4.90 Å². The lowest BCUT2D eigenvalue weighted by atomic mass is 10.2. The van der Waals surface area contributed by atoms with Crippen molar-refractivity contribution >= 4 is 12.0 Å². The minimum atomic E-state index is -0.687. The molecule has 0 radical (unpaired) electrons. The van der Waals surface area contributed by atoms with Crippen molar-refractivity contribution in [3.05, 3.63) is 0 Å². The molecule has 74 valence electrons. The van der Waals surface area contributed by atoms with Crippen LogP contribution in [0.15, 0.2) is 0 Å². The van der Waals surface area contributed by atoms with Crippen molar-refractivity contribution in [1.29, 1.82) is 0 Å². The Labute approximate surface area is 75.8 Å². The normalized spacial score (nSPS) is 18.5. The Bertz CT molecular complexity index is 219. The first kappa shape index (κ1) is 9.79. The van der Waals surface area contributed by atoms with Crippen LogP contribution in [-0.4, -0.2) is 42.6 Å². The van der Waals surface area contributed by atoms with E-state index in [1.807, 2.05) is 0 Å². The van der Waals surface area contributed by atoms with Gasteiger partial charge in [-0.25, -0.2) is 4.79 Å². The van der Waals surface area contributed by atoms with Gasteiger partial charge < -0.3 is 21.1 Å². The Morgan fingerprint density at radius 1 is 1.69 bits per heavy atom. The molecule has 0 aromatic heterocycles. The molecule has 0 aromatic rings. The maximum Gasteiger partial charge on any atom is 0.409 e. The minimum Gasteiger partial charge on any atom is -0.448 e. The fourth-order valence-corrected chi connectivity index (χ4v) is 1.07. The monoisotopic (exact) mass is 187 g/mol. The zero-order valence-corrected chi connectivity index (χ0v) is 7.23. The number of carbonyl (C=O) groups excluding carboxylic acids is 2. The summed E-state index contributed by atoms with van der Waals surface area (Å²) in [6, 6.07) is -0.687. The molecule has 1 fully saturated rings. The molecule has 0 aliphatic carbocycles. The fraction of sp³-hybridized carbons (Fsp3) is 0.714. The summed E-state index contributed by atoms with van der Waals surface area (Å²) in [6.45, 7) is 1.39. The summed E-state index contributed by atoms with van der Waals surface area (Å²) in [5, 5.41) is 0. The van der Waals surface area contributed by atoms with Crippen LogP contribution in [0.25, 0.3) is 0 Å². The van der Waals surface area contributed by atoms with E-state index in [-0.39, 0.29) is 6.09 Å². The number of primary amides is 1. The van der Waals surface area contributed by atoms with Gasteiger partial charge in [-0.2, -0.15) is 0 Å². The lowest BCUT2D eigenvalue weighted by molar-refractivity contribution is -0.119.